The number of guanidine groups is 1. The van der Waals surface area contributed by atoms with E-state index in [1.165, 1.54) is 0 Å². The molecule has 0 aromatic carbocycles. The summed E-state index contributed by atoms with van der Waals surface area (Å²) in [6, 6.07) is 0. The molecule has 1 heterocycles. The quantitative estimate of drug-likeness (QED) is 0.115. The lowest BCUT2D eigenvalue weighted by atomic mass is 10.1. The van der Waals surface area contributed by atoms with E-state index >= 15 is 0 Å². The van der Waals surface area contributed by atoms with E-state index < -0.39 is 23.6 Å². The molecular weight excluding hydrogens is 348 g/mol. The third-order valence-electron chi connectivity index (χ3n) is 4.35. The van der Waals surface area contributed by atoms with Crippen LogP contribution in [0.1, 0.15) is 65.2 Å². The Kier molecular flexibility index (Phi) is 10.1. The highest BCUT2D eigenvalue weighted by molar-refractivity contribution is 6.54. The zero-order valence-electron chi connectivity index (χ0n) is 16.4. The van der Waals surface area contributed by atoms with Crippen LogP contribution in [0.3, 0.4) is 0 Å². The Morgan fingerprint density at radius 2 is 1.67 bits per heavy atom. The van der Waals surface area contributed by atoms with E-state index in [2.05, 4.69) is 29.4 Å². The lowest BCUT2D eigenvalue weighted by molar-refractivity contribution is -0.141. The molecule has 0 spiro atoms. The van der Waals surface area contributed by atoms with Gasteiger partial charge in [0.1, 0.15) is 0 Å². The maximum atomic E-state index is 12.7. The highest BCUT2D eigenvalue weighted by Crippen LogP contribution is 2.19. The minimum Gasteiger partial charge on any atom is -0.369 e. The van der Waals surface area contributed by atoms with Gasteiger partial charge in [-0.25, -0.2) is 0 Å². The van der Waals surface area contributed by atoms with Crippen LogP contribution in [-0.4, -0.2) is 47.4 Å². The molecule has 9 nitrogen and oxygen atoms in total. The normalized spacial score (nSPS) is 18.2. The minimum atomic E-state index is -1.29. The number of likely N-dealkylation sites (tertiary alicyclic amines) is 1. The number of nitrogens with zero attached hydrogens (tertiary/aromatic N) is 3. The maximum absolute atomic E-state index is 12.7. The summed E-state index contributed by atoms with van der Waals surface area (Å²) >= 11 is 0. The predicted octanol–water partition coefficient (Wildman–Crippen LogP) is 0.878. The molecule has 9 heteroatoms. The van der Waals surface area contributed by atoms with Crippen LogP contribution in [0.4, 0.5) is 0 Å². The molecule has 1 fully saturated rings. The van der Waals surface area contributed by atoms with Crippen LogP contribution in [0.15, 0.2) is 10.2 Å². The van der Waals surface area contributed by atoms with Gasteiger partial charge in [0, 0.05) is 13.1 Å². The molecule has 0 bridgehead atoms. The van der Waals surface area contributed by atoms with Gasteiger partial charge in [-0.1, -0.05) is 52.4 Å². The summed E-state index contributed by atoms with van der Waals surface area (Å²) in [6.45, 7) is 4.89. The molecule has 1 aliphatic heterocycles. The van der Waals surface area contributed by atoms with Gasteiger partial charge in [0.25, 0.3) is 5.91 Å². The summed E-state index contributed by atoms with van der Waals surface area (Å²) in [6.07, 6.45) is 7.64. The van der Waals surface area contributed by atoms with Crippen LogP contribution in [-0.2, 0) is 14.4 Å². The number of unbranched alkanes of at least 4 members (excludes halogenated alkanes) is 6. The second-order valence-electron chi connectivity index (χ2n) is 6.65. The number of carbonyl (C=O) groups is 3. The number of amides is 3. The van der Waals surface area contributed by atoms with E-state index in [-0.39, 0.29) is 18.2 Å². The van der Waals surface area contributed by atoms with Gasteiger partial charge < -0.3 is 16.8 Å². The topological polar surface area (TPSA) is 143 Å². The van der Waals surface area contributed by atoms with Crippen molar-refractivity contribution in [2.45, 2.75) is 65.2 Å². The first-order valence-electron chi connectivity index (χ1n) is 9.73. The van der Waals surface area contributed by atoms with Gasteiger partial charge in [-0.2, -0.15) is 0 Å². The van der Waals surface area contributed by atoms with Gasteiger partial charge in [0.15, 0.2) is 11.6 Å². The van der Waals surface area contributed by atoms with Crippen LogP contribution >= 0.6 is 0 Å². The van der Waals surface area contributed by atoms with Crippen LogP contribution < -0.4 is 16.8 Å². The second-order valence-corrected chi connectivity index (χ2v) is 6.65. The first-order valence-corrected chi connectivity index (χ1v) is 9.73. The van der Waals surface area contributed by atoms with E-state index in [0.29, 0.717) is 13.0 Å². The molecule has 0 saturated carbocycles. The van der Waals surface area contributed by atoms with Gasteiger partial charge in [-0.05, 0) is 12.8 Å². The molecule has 152 valence electrons. The number of imide groups is 1. The van der Waals surface area contributed by atoms with Gasteiger partial charge in [0.2, 0.25) is 17.8 Å². The van der Waals surface area contributed by atoms with E-state index in [1.54, 1.807) is 0 Å². The van der Waals surface area contributed by atoms with Crippen molar-refractivity contribution >= 4 is 29.4 Å². The molecule has 5 N–H and O–H groups in total. The summed E-state index contributed by atoms with van der Waals surface area (Å²) in [7, 11) is 0. The largest absolute Gasteiger partial charge is 0.369 e. The summed E-state index contributed by atoms with van der Waals surface area (Å²) in [5.74, 6) is -3.34. The molecule has 1 rings (SSSR count). The first-order chi connectivity index (χ1) is 12.9. The summed E-state index contributed by atoms with van der Waals surface area (Å²) < 4.78 is 0. The van der Waals surface area contributed by atoms with Crippen molar-refractivity contribution in [2.24, 2.45) is 27.6 Å². The fourth-order valence-corrected chi connectivity index (χ4v) is 2.86. The predicted molar refractivity (Wildman–Crippen MR) is 105 cm³/mol. The number of nitrogens with two attached hydrogens (primary N) is 2. The van der Waals surface area contributed by atoms with Crippen LogP contribution in [0.2, 0.25) is 0 Å². The lowest BCUT2D eigenvalue weighted by Crippen LogP contribution is -2.39. The average molecular weight is 380 g/mol. The Hall–Kier alpha value is -2.45. The third-order valence-corrected chi connectivity index (χ3v) is 4.35. The van der Waals surface area contributed by atoms with Crippen molar-refractivity contribution in [3.63, 3.8) is 0 Å². The number of hydrogen-bond acceptors (Lipinski definition) is 5. The average Bonchev–Trinajstić information content (AvgIpc) is 2.86. The molecule has 3 amide bonds. The van der Waals surface area contributed by atoms with E-state index in [0.717, 1.165) is 49.8 Å². The third kappa shape index (κ3) is 6.99. The van der Waals surface area contributed by atoms with Crippen molar-refractivity contribution in [2.75, 3.05) is 13.1 Å². The Balaban J connectivity index is 2.84. The van der Waals surface area contributed by atoms with Gasteiger partial charge in [0.05, 0.1) is 0 Å². The number of rotatable bonds is 12. The highest BCUT2D eigenvalue weighted by atomic mass is 16.2. The maximum Gasteiger partial charge on any atom is 0.278 e. The molecule has 0 aromatic rings. The zero-order valence-corrected chi connectivity index (χ0v) is 16.4. The number of carbonyl (C=O) groups excluding carboxylic acids is 3. The summed E-state index contributed by atoms with van der Waals surface area (Å²) in [5, 5.41) is 9.88. The van der Waals surface area contributed by atoms with Crippen molar-refractivity contribution in [3.05, 3.63) is 0 Å². The molecule has 0 aromatic heterocycles. The van der Waals surface area contributed by atoms with Crippen molar-refractivity contribution in [1.82, 2.24) is 10.2 Å². The van der Waals surface area contributed by atoms with Gasteiger partial charge in [-0.15, -0.1) is 10.2 Å². The van der Waals surface area contributed by atoms with Crippen molar-refractivity contribution < 1.29 is 14.4 Å². The molecule has 1 saturated heterocycles. The van der Waals surface area contributed by atoms with Crippen molar-refractivity contribution in [1.29, 1.82) is 0 Å². The Labute approximate surface area is 160 Å². The highest BCUT2D eigenvalue weighted by Gasteiger charge is 2.48. The molecular formula is C18H32N6O3. The SMILES string of the molecule is CCCCCCNC(=O)C1C(=O)N(CCCCCC)C(=O)C1=NN=C(N)N. The summed E-state index contributed by atoms with van der Waals surface area (Å²) in [4.78, 5) is 38.8. The fraction of sp³-hybridized carbons (Fsp3) is 0.722. The number of hydrogen-bond donors (Lipinski definition) is 3. The van der Waals surface area contributed by atoms with E-state index in [9.17, 15) is 14.4 Å². The Morgan fingerprint density at radius 1 is 1.04 bits per heavy atom. The Morgan fingerprint density at radius 3 is 2.26 bits per heavy atom. The zero-order chi connectivity index (χ0) is 20.2. The fourth-order valence-electron chi connectivity index (χ4n) is 2.86. The molecule has 0 aliphatic carbocycles. The monoisotopic (exact) mass is 380 g/mol. The van der Waals surface area contributed by atoms with Crippen LogP contribution in [0.25, 0.3) is 0 Å². The second kappa shape index (κ2) is 12.0. The molecule has 27 heavy (non-hydrogen) atoms. The molecule has 1 atom stereocenters. The molecule has 1 aliphatic rings. The van der Waals surface area contributed by atoms with Crippen LogP contribution in [0, 0.1) is 5.92 Å². The minimum absolute atomic E-state index is 0.227. The van der Waals surface area contributed by atoms with Gasteiger partial charge >= 0.3 is 0 Å². The molecule has 1 unspecified atom stereocenters. The number of nitrogens with one attached hydrogen (secondary N) is 1. The van der Waals surface area contributed by atoms with E-state index in [4.69, 9.17) is 11.5 Å². The Bertz CT molecular complexity index is 584. The van der Waals surface area contributed by atoms with Crippen molar-refractivity contribution in [3.8, 4) is 0 Å². The molecule has 0 radical (unpaired) electrons. The smallest absolute Gasteiger partial charge is 0.278 e. The summed E-state index contributed by atoms with van der Waals surface area (Å²) in [5.41, 5.74) is 10.3. The lowest BCUT2D eigenvalue weighted by Gasteiger charge is -2.13. The van der Waals surface area contributed by atoms with E-state index in [1.807, 2.05) is 0 Å². The van der Waals surface area contributed by atoms with Gasteiger partial charge in [-0.3, -0.25) is 19.3 Å². The standard InChI is InChI=1S/C18H32N6O3/c1-3-5-7-9-11-21-15(25)13-14(22-23-18(19)20)17(27)24(16(13)26)12-10-8-6-4-2/h13H,3-12H2,1-2H3,(H,21,25)(H4,19,20,23). The first kappa shape index (κ1) is 22.6. The van der Waals surface area contributed by atoms with Crippen LogP contribution in [0.5, 0.6) is 0 Å².